The number of nitrogens with one attached hydrogen (secondary N) is 1. The van der Waals surface area contributed by atoms with Crippen LogP contribution >= 0.6 is 0 Å². The van der Waals surface area contributed by atoms with Crippen LogP contribution in [0.1, 0.15) is 25.0 Å². The molecule has 0 spiro atoms. The van der Waals surface area contributed by atoms with Crippen LogP contribution in [0.25, 0.3) is 0 Å². The molecule has 0 aliphatic carbocycles. The van der Waals surface area contributed by atoms with Crippen LogP contribution in [-0.4, -0.2) is 35.3 Å². The highest BCUT2D eigenvalue weighted by Crippen LogP contribution is 2.18. The first kappa shape index (κ1) is 14.5. The van der Waals surface area contributed by atoms with Crippen LogP contribution < -0.4 is 11.1 Å². The zero-order chi connectivity index (χ0) is 14.7. The third kappa shape index (κ3) is 3.17. The highest BCUT2D eigenvalue weighted by molar-refractivity contribution is 5.87. The summed E-state index contributed by atoms with van der Waals surface area (Å²) in [7, 11) is 0. The van der Waals surface area contributed by atoms with Crippen molar-refractivity contribution in [2.45, 2.75) is 38.9 Å². The second-order valence-electron chi connectivity index (χ2n) is 5.43. The lowest BCUT2D eigenvalue weighted by atomic mass is 9.95. The lowest BCUT2D eigenvalue weighted by Crippen LogP contribution is -2.53. The molecule has 2 rings (SSSR count). The van der Waals surface area contributed by atoms with Gasteiger partial charge in [0.1, 0.15) is 0 Å². The molecular weight excluding hydrogens is 254 g/mol. The van der Waals surface area contributed by atoms with Gasteiger partial charge in [0.25, 0.3) is 0 Å². The van der Waals surface area contributed by atoms with E-state index in [9.17, 15) is 9.59 Å². The molecule has 0 bridgehead atoms. The Morgan fingerprint density at radius 1 is 1.35 bits per heavy atom. The van der Waals surface area contributed by atoms with Crippen LogP contribution in [0.5, 0.6) is 0 Å². The fraction of sp³-hybridized carbons (Fsp3) is 0.467. The summed E-state index contributed by atoms with van der Waals surface area (Å²) in [5, 5.41) is 3.24. The Balaban J connectivity index is 2.11. The molecule has 5 nitrogen and oxygen atoms in total. The van der Waals surface area contributed by atoms with Crippen LogP contribution in [0.2, 0.25) is 0 Å². The van der Waals surface area contributed by atoms with E-state index in [1.54, 1.807) is 0 Å². The van der Waals surface area contributed by atoms with Gasteiger partial charge in [-0.25, -0.2) is 0 Å². The van der Waals surface area contributed by atoms with Crippen molar-refractivity contribution in [1.82, 2.24) is 10.2 Å². The van der Waals surface area contributed by atoms with Gasteiger partial charge in [0.2, 0.25) is 11.8 Å². The molecule has 0 fully saturated rings. The fourth-order valence-electron chi connectivity index (χ4n) is 2.51. The van der Waals surface area contributed by atoms with Crippen LogP contribution in [-0.2, 0) is 22.6 Å². The molecule has 0 saturated heterocycles. The first-order valence-electron chi connectivity index (χ1n) is 6.88. The molecule has 0 saturated carbocycles. The van der Waals surface area contributed by atoms with E-state index in [4.69, 9.17) is 5.73 Å². The Labute approximate surface area is 119 Å². The van der Waals surface area contributed by atoms with E-state index in [0.29, 0.717) is 13.0 Å². The molecule has 108 valence electrons. The maximum Gasteiger partial charge on any atom is 0.240 e. The van der Waals surface area contributed by atoms with Crippen molar-refractivity contribution in [3.8, 4) is 0 Å². The predicted octanol–water partition coefficient (Wildman–Crippen LogP) is 0.423. The van der Waals surface area contributed by atoms with Crippen molar-refractivity contribution in [3.05, 3.63) is 35.4 Å². The molecule has 1 heterocycles. The number of hydrogen-bond acceptors (Lipinski definition) is 3. The molecule has 1 atom stereocenters. The van der Waals surface area contributed by atoms with E-state index in [1.807, 2.05) is 32.0 Å². The van der Waals surface area contributed by atoms with Crippen molar-refractivity contribution in [2.75, 3.05) is 6.54 Å². The largest absolute Gasteiger partial charge is 0.368 e. The van der Waals surface area contributed by atoms with Crippen molar-refractivity contribution < 1.29 is 9.59 Å². The van der Waals surface area contributed by atoms with E-state index in [2.05, 4.69) is 11.4 Å². The molecule has 0 radical (unpaired) electrons. The number of rotatable bonds is 4. The first-order chi connectivity index (χ1) is 9.49. The van der Waals surface area contributed by atoms with Gasteiger partial charge in [0.05, 0.1) is 12.6 Å². The zero-order valence-electron chi connectivity index (χ0n) is 11.9. The van der Waals surface area contributed by atoms with E-state index >= 15 is 0 Å². The van der Waals surface area contributed by atoms with Gasteiger partial charge >= 0.3 is 0 Å². The minimum absolute atomic E-state index is 0.0314. The summed E-state index contributed by atoms with van der Waals surface area (Å²) in [5.41, 5.74) is 7.63. The Kier molecular flexibility index (Phi) is 4.39. The smallest absolute Gasteiger partial charge is 0.240 e. The number of carbonyl (C=O) groups excluding carboxylic acids is 2. The zero-order valence-corrected chi connectivity index (χ0v) is 11.9. The van der Waals surface area contributed by atoms with Gasteiger partial charge in [-0.15, -0.1) is 0 Å². The molecule has 5 heteroatoms. The SMILES string of the molecule is CC(C)N(CC(N)=O)C(=O)[C@H]1Cc2ccccc2CN1. The molecule has 1 aromatic rings. The Hall–Kier alpha value is -1.88. The first-order valence-corrected chi connectivity index (χ1v) is 6.88. The topological polar surface area (TPSA) is 75.4 Å². The van der Waals surface area contributed by atoms with Crippen LogP contribution in [0.15, 0.2) is 24.3 Å². The number of hydrogen-bond donors (Lipinski definition) is 2. The monoisotopic (exact) mass is 275 g/mol. The van der Waals surface area contributed by atoms with E-state index in [0.717, 1.165) is 0 Å². The predicted molar refractivity (Wildman–Crippen MR) is 76.8 cm³/mol. The van der Waals surface area contributed by atoms with E-state index < -0.39 is 5.91 Å². The molecular formula is C15H21N3O2. The second-order valence-corrected chi connectivity index (χ2v) is 5.43. The van der Waals surface area contributed by atoms with Crippen LogP contribution in [0.3, 0.4) is 0 Å². The molecule has 3 N–H and O–H groups in total. The van der Waals surface area contributed by atoms with Gasteiger partial charge in [-0.2, -0.15) is 0 Å². The fourth-order valence-corrected chi connectivity index (χ4v) is 2.51. The summed E-state index contributed by atoms with van der Waals surface area (Å²) in [4.78, 5) is 25.2. The van der Waals surface area contributed by atoms with Crippen molar-refractivity contribution in [2.24, 2.45) is 5.73 Å². The molecule has 20 heavy (non-hydrogen) atoms. The summed E-state index contributed by atoms with van der Waals surface area (Å²) < 4.78 is 0. The highest BCUT2D eigenvalue weighted by Gasteiger charge is 2.29. The summed E-state index contributed by atoms with van der Waals surface area (Å²) in [6.07, 6.45) is 0.650. The maximum absolute atomic E-state index is 12.5. The third-order valence-corrected chi connectivity index (χ3v) is 3.61. The highest BCUT2D eigenvalue weighted by atomic mass is 16.2. The number of nitrogens with zero attached hydrogens (tertiary/aromatic N) is 1. The van der Waals surface area contributed by atoms with Gasteiger partial charge in [-0.1, -0.05) is 24.3 Å². The van der Waals surface area contributed by atoms with Crippen LogP contribution in [0.4, 0.5) is 0 Å². The minimum Gasteiger partial charge on any atom is -0.368 e. The van der Waals surface area contributed by atoms with Gasteiger partial charge in [0.15, 0.2) is 0 Å². The molecule has 1 aliphatic rings. The molecule has 1 aliphatic heterocycles. The quantitative estimate of drug-likeness (QED) is 0.836. The molecule has 1 aromatic carbocycles. The Morgan fingerprint density at radius 2 is 2.00 bits per heavy atom. The lowest BCUT2D eigenvalue weighted by molar-refractivity contribution is -0.138. The summed E-state index contributed by atoms with van der Waals surface area (Å²) in [6, 6.07) is 7.75. The Bertz CT molecular complexity index is 514. The van der Waals surface area contributed by atoms with Crippen molar-refractivity contribution in [3.63, 3.8) is 0 Å². The average Bonchev–Trinajstić information content (AvgIpc) is 2.43. The summed E-state index contributed by atoms with van der Waals surface area (Å²) in [6.45, 7) is 4.42. The minimum atomic E-state index is -0.483. The number of nitrogens with two attached hydrogens (primary N) is 1. The number of amides is 2. The lowest BCUT2D eigenvalue weighted by Gasteiger charge is -2.32. The standard InChI is InChI=1S/C15H21N3O2/c1-10(2)18(9-14(16)19)15(20)13-7-11-5-3-4-6-12(11)8-17-13/h3-6,10,13,17H,7-9H2,1-2H3,(H2,16,19)/t13-/m1/s1. The van der Waals surface area contributed by atoms with Gasteiger partial charge in [-0.3, -0.25) is 9.59 Å². The normalized spacial score (nSPS) is 17.6. The number of primary amides is 1. The number of carbonyl (C=O) groups is 2. The molecule has 0 aromatic heterocycles. The van der Waals surface area contributed by atoms with Crippen molar-refractivity contribution in [1.29, 1.82) is 0 Å². The van der Waals surface area contributed by atoms with E-state index in [1.165, 1.54) is 16.0 Å². The van der Waals surface area contributed by atoms with Gasteiger partial charge in [-0.05, 0) is 31.4 Å². The van der Waals surface area contributed by atoms with E-state index in [-0.39, 0.29) is 24.5 Å². The van der Waals surface area contributed by atoms with Gasteiger partial charge < -0.3 is 16.0 Å². The molecule has 2 amide bonds. The number of fused-ring (bicyclic) bond motifs is 1. The Morgan fingerprint density at radius 3 is 2.60 bits per heavy atom. The second kappa shape index (κ2) is 6.05. The molecule has 0 unspecified atom stereocenters. The third-order valence-electron chi connectivity index (χ3n) is 3.61. The average molecular weight is 275 g/mol. The number of benzene rings is 1. The van der Waals surface area contributed by atoms with Gasteiger partial charge in [0, 0.05) is 12.6 Å². The summed E-state index contributed by atoms with van der Waals surface area (Å²) >= 11 is 0. The maximum atomic E-state index is 12.5. The summed E-state index contributed by atoms with van der Waals surface area (Å²) in [5.74, 6) is -0.545. The van der Waals surface area contributed by atoms with Crippen LogP contribution in [0, 0.1) is 0 Å². The van der Waals surface area contributed by atoms with Crippen molar-refractivity contribution >= 4 is 11.8 Å².